The first-order valence-corrected chi connectivity index (χ1v) is 24.7. The third-order valence-electron chi connectivity index (χ3n) is 10.9. The van der Waals surface area contributed by atoms with Gasteiger partial charge in [-0.05, 0) is 135 Å². The predicted octanol–water partition coefficient (Wildman–Crippen LogP) is 15.4. The van der Waals surface area contributed by atoms with Crippen molar-refractivity contribution in [1.29, 1.82) is 0 Å². The fraction of sp³-hybridized carbons (Fsp3) is 0.725. The van der Waals surface area contributed by atoms with Crippen LogP contribution in [0, 0.1) is 0 Å². The van der Waals surface area contributed by atoms with Crippen molar-refractivity contribution in [2.24, 2.45) is 9.98 Å². The van der Waals surface area contributed by atoms with Crippen molar-refractivity contribution >= 4 is 23.3 Å². The van der Waals surface area contributed by atoms with Crippen LogP contribution >= 0.6 is 0 Å². The normalized spacial score (nSPS) is 12.1. The fourth-order valence-electron chi connectivity index (χ4n) is 7.44. The molecule has 0 fully saturated rings. The molecule has 324 valence electrons. The summed E-state index contributed by atoms with van der Waals surface area (Å²) < 4.78 is 4.75. The number of hydrogen-bond acceptors (Lipinski definition) is 4. The summed E-state index contributed by atoms with van der Waals surface area (Å²) in [5.74, 6) is 0. The van der Waals surface area contributed by atoms with Gasteiger partial charge in [0.15, 0.2) is 0 Å². The SMILES string of the molecule is CCCCCCCCc1cc(N=C(C)C=Nc2cc(CCCC)c(CC)c(CCCCCC)c2)cc(CCCC)c1CCCC.CC[N](CC)[Ni][N](CC)CC. The zero-order valence-corrected chi connectivity index (χ0v) is 39.9. The van der Waals surface area contributed by atoms with E-state index in [-0.39, 0.29) is 0 Å². The van der Waals surface area contributed by atoms with Crippen LogP contribution in [0.1, 0.15) is 212 Å². The molecule has 0 spiro atoms. The van der Waals surface area contributed by atoms with Crippen LogP contribution in [-0.4, -0.2) is 46.1 Å². The number of aliphatic imine (C=N–C) groups is 2. The van der Waals surface area contributed by atoms with Crippen LogP contribution in [0.4, 0.5) is 11.4 Å². The second-order valence-electron chi connectivity index (χ2n) is 15.7. The molecule has 0 bridgehead atoms. The van der Waals surface area contributed by atoms with Crippen molar-refractivity contribution in [3.05, 3.63) is 57.6 Å². The Morgan fingerprint density at radius 2 is 0.839 bits per heavy atom. The molecule has 0 amide bonds. The van der Waals surface area contributed by atoms with E-state index >= 15 is 0 Å². The fourth-order valence-corrected chi connectivity index (χ4v) is 8.40. The van der Waals surface area contributed by atoms with E-state index in [1.807, 2.05) is 6.21 Å². The molecule has 0 atom stereocenters. The van der Waals surface area contributed by atoms with Crippen molar-refractivity contribution in [2.75, 3.05) is 26.2 Å². The predicted molar refractivity (Wildman–Crippen MR) is 250 cm³/mol. The first-order valence-electron chi connectivity index (χ1n) is 23.8. The summed E-state index contributed by atoms with van der Waals surface area (Å²) in [5.41, 5.74) is 12.5. The maximum absolute atomic E-state index is 5.16. The number of unbranched alkanes of at least 4 members (excludes halogenated alkanes) is 11. The first kappa shape index (κ1) is 52.2. The number of hydrogen-bond donors (Lipinski definition) is 0. The number of aryl methyl sites for hydroxylation is 4. The molecule has 0 aliphatic heterocycles. The second-order valence-corrected chi connectivity index (χ2v) is 17.1. The Morgan fingerprint density at radius 3 is 1.29 bits per heavy atom. The number of benzene rings is 2. The van der Waals surface area contributed by atoms with Crippen molar-refractivity contribution in [2.45, 2.75) is 217 Å². The van der Waals surface area contributed by atoms with Crippen molar-refractivity contribution in [3.8, 4) is 0 Å². The summed E-state index contributed by atoms with van der Waals surface area (Å²) in [7, 11) is 0. The molecule has 2 aromatic rings. The Kier molecular flexibility index (Phi) is 31.8. The summed E-state index contributed by atoms with van der Waals surface area (Å²) in [6.45, 7) is 29.3. The minimum absolute atomic E-state index is 0.988. The Hall–Kier alpha value is -1.81. The summed E-state index contributed by atoms with van der Waals surface area (Å²) in [6, 6.07) is 9.54. The van der Waals surface area contributed by atoms with Crippen molar-refractivity contribution in [3.63, 3.8) is 0 Å². The van der Waals surface area contributed by atoms with Gasteiger partial charge in [0.05, 0.1) is 17.1 Å². The molecule has 0 aliphatic rings. The van der Waals surface area contributed by atoms with E-state index in [0.717, 1.165) is 56.1 Å². The Morgan fingerprint density at radius 1 is 0.464 bits per heavy atom. The number of nitrogens with zero attached hydrogens (tertiary/aromatic N) is 4. The van der Waals surface area contributed by atoms with Gasteiger partial charge < -0.3 is 0 Å². The molecule has 0 radical (unpaired) electrons. The van der Waals surface area contributed by atoms with E-state index in [0.29, 0.717) is 0 Å². The standard InChI is InChI=1S/C43H70N2.2C4H10N.Ni/c1-8-14-19-21-22-24-28-39-33-41(32-38(26-17-11-4)43(39)29-18-12-5)45-35(7)34-44-40-30-36(25-16-10-3)42(13-6)37(31-40)27-23-20-15-9-2;2*1-3-5-4-2;/h30-34H,8-29H2,1-7H3;2*3-4H2,1-2H3;/q;2*-1;+2. The van der Waals surface area contributed by atoms with E-state index in [4.69, 9.17) is 9.98 Å². The molecule has 0 heterocycles. The van der Waals surface area contributed by atoms with Crippen LogP contribution in [-0.2, 0) is 53.4 Å². The molecule has 0 N–H and O–H groups in total. The Balaban J connectivity index is 0.00000123. The van der Waals surface area contributed by atoms with Gasteiger partial charge in [-0.2, -0.15) is 0 Å². The molecule has 56 heavy (non-hydrogen) atoms. The van der Waals surface area contributed by atoms with E-state index in [1.54, 1.807) is 37.1 Å². The average molecular weight is 818 g/mol. The van der Waals surface area contributed by atoms with Gasteiger partial charge in [-0.3, -0.25) is 9.98 Å². The van der Waals surface area contributed by atoms with Crippen LogP contribution < -0.4 is 0 Å². The number of rotatable bonds is 31. The molecule has 0 aromatic heterocycles. The average Bonchev–Trinajstić information content (AvgIpc) is 3.21. The molecule has 0 saturated heterocycles. The van der Waals surface area contributed by atoms with Crippen LogP contribution in [0.3, 0.4) is 0 Å². The molecule has 4 nitrogen and oxygen atoms in total. The van der Waals surface area contributed by atoms with E-state index in [9.17, 15) is 0 Å². The van der Waals surface area contributed by atoms with E-state index in [1.165, 1.54) is 140 Å². The van der Waals surface area contributed by atoms with Gasteiger partial charge >= 0.3 is 76.7 Å². The summed E-state index contributed by atoms with van der Waals surface area (Å²) in [5, 5.41) is 0. The topological polar surface area (TPSA) is 31.2 Å². The Labute approximate surface area is 355 Å². The van der Waals surface area contributed by atoms with Crippen molar-refractivity contribution < 1.29 is 14.9 Å². The van der Waals surface area contributed by atoms with Gasteiger partial charge in [-0.1, -0.05) is 112 Å². The van der Waals surface area contributed by atoms with Gasteiger partial charge in [-0.25, -0.2) is 0 Å². The molecule has 5 heteroatoms. The zero-order valence-electron chi connectivity index (χ0n) is 38.9. The second kappa shape index (κ2) is 34.1. The molecule has 0 unspecified atom stereocenters. The summed E-state index contributed by atoms with van der Waals surface area (Å²) >= 11 is 1.67. The third-order valence-corrected chi connectivity index (χ3v) is 12.7. The van der Waals surface area contributed by atoms with Crippen LogP contribution in [0.25, 0.3) is 0 Å². The van der Waals surface area contributed by atoms with Gasteiger partial charge in [0.25, 0.3) is 0 Å². The van der Waals surface area contributed by atoms with Crippen LogP contribution in [0.2, 0.25) is 0 Å². The van der Waals surface area contributed by atoms with Crippen molar-refractivity contribution in [1.82, 2.24) is 7.96 Å². The van der Waals surface area contributed by atoms with Gasteiger partial charge in [0, 0.05) is 6.21 Å². The van der Waals surface area contributed by atoms with Crippen LogP contribution in [0.15, 0.2) is 34.3 Å². The summed E-state index contributed by atoms with van der Waals surface area (Å²) in [6.07, 6.45) is 29.8. The van der Waals surface area contributed by atoms with Crippen LogP contribution in [0.5, 0.6) is 0 Å². The molecule has 2 rings (SSSR count). The Bertz CT molecular complexity index is 1310. The monoisotopic (exact) mass is 817 g/mol. The third kappa shape index (κ3) is 21.8. The minimum atomic E-state index is 0.988. The zero-order chi connectivity index (χ0) is 41.4. The van der Waals surface area contributed by atoms with E-state index < -0.39 is 0 Å². The maximum atomic E-state index is 5.16. The quantitative estimate of drug-likeness (QED) is 0.0431. The molecule has 2 aromatic carbocycles. The molecular formula is C51H90N4Ni. The van der Waals surface area contributed by atoms with Gasteiger partial charge in [0.1, 0.15) is 0 Å². The first-order chi connectivity index (χ1) is 27.3. The summed E-state index contributed by atoms with van der Waals surface area (Å²) in [4.78, 5) is 10.2. The van der Waals surface area contributed by atoms with Gasteiger partial charge in [-0.15, -0.1) is 0 Å². The van der Waals surface area contributed by atoms with Gasteiger partial charge in [0.2, 0.25) is 0 Å². The van der Waals surface area contributed by atoms with E-state index in [2.05, 4.69) is 108 Å². The molecule has 0 aliphatic carbocycles. The molecular weight excluding hydrogens is 727 g/mol. The molecule has 0 saturated carbocycles.